The summed E-state index contributed by atoms with van der Waals surface area (Å²) in [6.07, 6.45) is 0. The molecular weight excluding hydrogens is 343 g/mol. The third-order valence-electron chi connectivity index (χ3n) is 4.44. The van der Waals surface area contributed by atoms with E-state index in [1.54, 1.807) is 36.4 Å². The zero-order valence-electron chi connectivity index (χ0n) is 14.0. The predicted molar refractivity (Wildman–Crippen MR) is 95.1 cm³/mol. The lowest BCUT2D eigenvalue weighted by Crippen LogP contribution is -2.42. The van der Waals surface area contributed by atoms with E-state index in [4.69, 9.17) is 11.6 Å². The number of halogens is 2. The van der Waals surface area contributed by atoms with Crippen molar-refractivity contribution < 1.29 is 14.0 Å². The van der Waals surface area contributed by atoms with E-state index in [0.29, 0.717) is 16.3 Å². The fourth-order valence-electron chi connectivity index (χ4n) is 3.00. The van der Waals surface area contributed by atoms with Crippen molar-refractivity contribution in [1.29, 1.82) is 0 Å². The van der Waals surface area contributed by atoms with Gasteiger partial charge in [-0.1, -0.05) is 29.8 Å². The number of nitrogens with zero attached hydrogens (tertiary/aromatic N) is 1. The van der Waals surface area contributed by atoms with Crippen molar-refractivity contribution in [1.82, 2.24) is 5.32 Å². The SMILES string of the molecule is CC1(C)C(=O)N(CC(=O)NCc2ccccc2F)c2ccc(Cl)cc21. The normalized spacial score (nSPS) is 15.2. The van der Waals surface area contributed by atoms with E-state index in [2.05, 4.69) is 5.32 Å². The molecule has 6 heteroatoms. The zero-order valence-corrected chi connectivity index (χ0v) is 14.7. The molecule has 25 heavy (non-hydrogen) atoms. The van der Waals surface area contributed by atoms with E-state index < -0.39 is 5.41 Å². The lowest BCUT2D eigenvalue weighted by atomic mass is 9.86. The van der Waals surface area contributed by atoms with Crippen LogP contribution < -0.4 is 10.2 Å². The van der Waals surface area contributed by atoms with E-state index in [1.807, 2.05) is 13.8 Å². The van der Waals surface area contributed by atoms with Gasteiger partial charge in [-0.2, -0.15) is 0 Å². The van der Waals surface area contributed by atoms with E-state index >= 15 is 0 Å². The van der Waals surface area contributed by atoms with Crippen LogP contribution >= 0.6 is 11.6 Å². The summed E-state index contributed by atoms with van der Waals surface area (Å²) < 4.78 is 13.6. The molecule has 0 bridgehead atoms. The molecule has 0 unspecified atom stereocenters. The van der Waals surface area contributed by atoms with Crippen LogP contribution in [0.2, 0.25) is 5.02 Å². The second kappa shape index (κ2) is 6.48. The summed E-state index contributed by atoms with van der Waals surface area (Å²) in [5.41, 5.74) is 1.13. The van der Waals surface area contributed by atoms with Crippen molar-refractivity contribution in [2.45, 2.75) is 25.8 Å². The molecule has 0 saturated carbocycles. The van der Waals surface area contributed by atoms with Crippen LogP contribution in [-0.2, 0) is 21.5 Å². The van der Waals surface area contributed by atoms with Crippen molar-refractivity contribution in [3.63, 3.8) is 0 Å². The third kappa shape index (κ3) is 3.24. The first-order valence-electron chi connectivity index (χ1n) is 7.93. The molecule has 4 nitrogen and oxygen atoms in total. The molecule has 0 aromatic heterocycles. The molecule has 3 rings (SSSR count). The molecule has 1 aliphatic heterocycles. The largest absolute Gasteiger partial charge is 0.350 e. The minimum Gasteiger partial charge on any atom is -0.350 e. The van der Waals surface area contributed by atoms with Gasteiger partial charge in [0.15, 0.2) is 0 Å². The van der Waals surface area contributed by atoms with Crippen LogP contribution in [0.5, 0.6) is 0 Å². The highest BCUT2D eigenvalue weighted by Crippen LogP contribution is 2.42. The van der Waals surface area contributed by atoms with Crippen LogP contribution in [0, 0.1) is 5.82 Å². The Morgan fingerprint density at radius 3 is 2.68 bits per heavy atom. The van der Waals surface area contributed by atoms with E-state index in [0.717, 1.165) is 5.56 Å². The quantitative estimate of drug-likeness (QED) is 0.908. The molecule has 2 aromatic carbocycles. The summed E-state index contributed by atoms with van der Waals surface area (Å²) in [6.45, 7) is 3.57. The number of rotatable bonds is 4. The summed E-state index contributed by atoms with van der Waals surface area (Å²) in [5, 5.41) is 3.20. The topological polar surface area (TPSA) is 49.4 Å². The molecule has 0 radical (unpaired) electrons. The maximum atomic E-state index is 13.6. The first-order valence-corrected chi connectivity index (χ1v) is 8.30. The van der Waals surface area contributed by atoms with E-state index in [1.165, 1.54) is 11.0 Å². The molecule has 1 aliphatic rings. The Balaban J connectivity index is 1.74. The maximum absolute atomic E-state index is 13.6. The average Bonchev–Trinajstić information content (AvgIpc) is 2.75. The fourth-order valence-corrected chi connectivity index (χ4v) is 3.17. The highest BCUT2D eigenvalue weighted by molar-refractivity contribution is 6.31. The summed E-state index contributed by atoms with van der Waals surface area (Å²) in [5.74, 6) is -0.887. The Kier molecular flexibility index (Phi) is 4.52. The molecule has 0 aliphatic carbocycles. The molecule has 130 valence electrons. The van der Waals surface area contributed by atoms with Gasteiger partial charge in [0.05, 0.1) is 5.41 Å². The Hall–Kier alpha value is -2.40. The second-order valence-electron chi connectivity index (χ2n) is 6.55. The minimum atomic E-state index is -0.744. The summed E-state index contributed by atoms with van der Waals surface area (Å²) in [4.78, 5) is 26.4. The third-order valence-corrected chi connectivity index (χ3v) is 4.67. The lowest BCUT2D eigenvalue weighted by Gasteiger charge is -2.20. The molecule has 2 aromatic rings. The van der Waals surface area contributed by atoms with Gasteiger partial charge in [0.1, 0.15) is 12.4 Å². The molecule has 0 saturated heterocycles. The Morgan fingerprint density at radius 1 is 1.24 bits per heavy atom. The van der Waals surface area contributed by atoms with Crippen LogP contribution in [0.1, 0.15) is 25.0 Å². The van der Waals surface area contributed by atoms with E-state index in [9.17, 15) is 14.0 Å². The fraction of sp³-hybridized carbons (Fsp3) is 0.263. The monoisotopic (exact) mass is 360 g/mol. The highest BCUT2D eigenvalue weighted by atomic mass is 35.5. The highest BCUT2D eigenvalue weighted by Gasteiger charge is 2.44. The van der Waals surface area contributed by atoms with Gasteiger partial charge < -0.3 is 10.2 Å². The van der Waals surface area contributed by atoms with Crippen LogP contribution in [-0.4, -0.2) is 18.4 Å². The Morgan fingerprint density at radius 2 is 1.96 bits per heavy atom. The molecule has 0 atom stereocenters. The second-order valence-corrected chi connectivity index (χ2v) is 6.98. The number of amides is 2. The van der Waals surface area contributed by atoms with Gasteiger partial charge in [-0.25, -0.2) is 4.39 Å². The van der Waals surface area contributed by atoms with Crippen LogP contribution in [0.3, 0.4) is 0 Å². The first-order chi connectivity index (χ1) is 11.8. The van der Waals surface area contributed by atoms with Gasteiger partial charge in [0, 0.05) is 22.8 Å². The smallest absolute Gasteiger partial charge is 0.240 e. The number of fused-ring (bicyclic) bond motifs is 1. The number of carbonyl (C=O) groups is 2. The number of carbonyl (C=O) groups excluding carboxylic acids is 2. The van der Waals surface area contributed by atoms with Crippen molar-refractivity contribution in [2.75, 3.05) is 11.4 Å². The molecule has 0 fully saturated rings. The van der Waals surface area contributed by atoms with Crippen molar-refractivity contribution in [3.8, 4) is 0 Å². The van der Waals surface area contributed by atoms with Gasteiger partial charge in [-0.05, 0) is 43.7 Å². The summed E-state index contributed by atoms with van der Waals surface area (Å²) >= 11 is 6.04. The maximum Gasteiger partial charge on any atom is 0.240 e. The van der Waals surface area contributed by atoms with Crippen LogP contribution in [0.15, 0.2) is 42.5 Å². The van der Waals surface area contributed by atoms with Gasteiger partial charge in [0.25, 0.3) is 0 Å². The summed E-state index contributed by atoms with van der Waals surface area (Å²) in [7, 11) is 0. The van der Waals surface area contributed by atoms with Crippen LogP contribution in [0.25, 0.3) is 0 Å². The van der Waals surface area contributed by atoms with Crippen molar-refractivity contribution in [3.05, 3.63) is 64.4 Å². The predicted octanol–water partition coefficient (Wildman–Crippen LogP) is 3.42. The van der Waals surface area contributed by atoms with Gasteiger partial charge in [0.2, 0.25) is 11.8 Å². The number of hydrogen-bond donors (Lipinski definition) is 1. The summed E-state index contributed by atoms with van der Waals surface area (Å²) in [6, 6.07) is 11.4. The molecule has 1 N–H and O–H groups in total. The van der Waals surface area contributed by atoms with E-state index in [-0.39, 0.29) is 30.7 Å². The Labute approximate surface area is 150 Å². The standard InChI is InChI=1S/C19H18ClFN2O2/c1-19(2)14-9-13(20)7-8-16(14)23(18(19)25)11-17(24)22-10-12-5-3-4-6-15(12)21/h3-9H,10-11H2,1-2H3,(H,22,24). The lowest BCUT2D eigenvalue weighted by molar-refractivity contribution is -0.125. The number of hydrogen-bond acceptors (Lipinski definition) is 2. The van der Waals surface area contributed by atoms with Gasteiger partial charge in [-0.15, -0.1) is 0 Å². The zero-order chi connectivity index (χ0) is 18.2. The average molecular weight is 361 g/mol. The van der Waals surface area contributed by atoms with Crippen molar-refractivity contribution in [2.24, 2.45) is 0 Å². The number of nitrogens with one attached hydrogen (secondary N) is 1. The molecule has 1 heterocycles. The van der Waals surface area contributed by atoms with Gasteiger partial charge in [-0.3, -0.25) is 9.59 Å². The number of anilines is 1. The van der Waals surface area contributed by atoms with Crippen molar-refractivity contribution >= 4 is 29.1 Å². The first kappa shape index (κ1) is 17.4. The van der Waals surface area contributed by atoms with Gasteiger partial charge >= 0.3 is 0 Å². The minimum absolute atomic E-state index is 0.0738. The molecule has 0 spiro atoms. The Bertz CT molecular complexity index is 851. The molecular formula is C19H18ClFN2O2. The number of benzene rings is 2. The molecule has 2 amide bonds. The van der Waals surface area contributed by atoms with Crippen LogP contribution in [0.4, 0.5) is 10.1 Å².